The van der Waals surface area contributed by atoms with Gasteiger partial charge in [0.1, 0.15) is 11.7 Å². The monoisotopic (exact) mass is 314 g/mol. The molecule has 0 unspecified atom stereocenters. The van der Waals surface area contributed by atoms with Crippen molar-refractivity contribution in [2.24, 2.45) is 0 Å². The Kier molecular flexibility index (Phi) is 5.46. The maximum Gasteiger partial charge on any atom is 0.272 e. The number of aromatic nitrogens is 2. The number of rotatable bonds is 5. The van der Waals surface area contributed by atoms with Crippen LogP contribution in [0, 0.1) is 0 Å². The van der Waals surface area contributed by atoms with Crippen molar-refractivity contribution in [1.29, 1.82) is 0 Å². The molecule has 1 aliphatic heterocycles. The summed E-state index contributed by atoms with van der Waals surface area (Å²) in [6.45, 7) is 2.17. The molecule has 1 atom stereocenters. The molecule has 0 aliphatic carbocycles. The molecule has 0 saturated carbocycles. The van der Waals surface area contributed by atoms with Crippen LogP contribution in [0.3, 0.4) is 0 Å². The van der Waals surface area contributed by atoms with Gasteiger partial charge in [-0.05, 0) is 32.3 Å². The van der Waals surface area contributed by atoms with Crippen LogP contribution in [0.1, 0.15) is 36.7 Å². The van der Waals surface area contributed by atoms with Crippen molar-refractivity contribution in [1.82, 2.24) is 20.0 Å². The van der Waals surface area contributed by atoms with Gasteiger partial charge in [-0.3, -0.25) is 14.3 Å². The van der Waals surface area contributed by atoms with Crippen molar-refractivity contribution in [3.8, 4) is 0 Å². The molecule has 1 N–H and O–H groups in total. The average molecular weight is 314 g/mol. The molecule has 2 amide bonds. The number of carbonyl (C=O) groups excluding carboxylic acids is 2. The lowest BCUT2D eigenvalue weighted by molar-refractivity contribution is -0.127. The van der Waals surface area contributed by atoms with Crippen molar-refractivity contribution in [2.45, 2.75) is 45.2 Å². The zero-order valence-corrected chi connectivity index (χ0v) is 12.5. The summed E-state index contributed by atoms with van der Waals surface area (Å²) >= 11 is 0. The molecule has 2 heterocycles. The third-order valence-electron chi connectivity index (χ3n) is 3.73. The van der Waals surface area contributed by atoms with E-state index in [0.717, 1.165) is 12.8 Å². The highest BCUT2D eigenvalue weighted by atomic mass is 19.3. The van der Waals surface area contributed by atoms with E-state index in [0.29, 0.717) is 25.2 Å². The average Bonchev–Trinajstić information content (AvgIpc) is 3.00. The molecular formula is C14H20F2N4O2. The van der Waals surface area contributed by atoms with Crippen LogP contribution in [0.25, 0.3) is 0 Å². The zero-order valence-electron chi connectivity index (χ0n) is 12.5. The van der Waals surface area contributed by atoms with E-state index in [1.807, 2.05) is 6.92 Å². The number of hydrogen-bond acceptors (Lipinski definition) is 3. The first-order valence-electron chi connectivity index (χ1n) is 7.43. The highest BCUT2D eigenvalue weighted by Crippen LogP contribution is 2.20. The van der Waals surface area contributed by atoms with E-state index in [1.54, 1.807) is 10.7 Å². The van der Waals surface area contributed by atoms with Gasteiger partial charge >= 0.3 is 0 Å². The first-order valence-corrected chi connectivity index (χ1v) is 7.43. The number of amides is 2. The molecular weight excluding hydrogens is 294 g/mol. The minimum Gasteiger partial charge on any atom is -0.349 e. The number of carbonyl (C=O) groups is 2. The summed E-state index contributed by atoms with van der Waals surface area (Å²) < 4.78 is 26.0. The molecule has 8 heteroatoms. The fourth-order valence-corrected chi connectivity index (χ4v) is 2.66. The molecule has 2 rings (SSSR count). The first-order chi connectivity index (χ1) is 10.5. The Labute approximate surface area is 127 Å². The Morgan fingerprint density at radius 1 is 1.45 bits per heavy atom. The van der Waals surface area contributed by atoms with Crippen LogP contribution in [0.2, 0.25) is 0 Å². The van der Waals surface area contributed by atoms with Gasteiger partial charge < -0.3 is 10.2 Å². The van der Waals surface area contributed by atoms with Gasteiger partial charge in [-0.15, -0.1) is 0 Å². The lowest BCUT2D eigenvalue weighted by atomic mass is 10.0. The number of alkyl halides is 2. The molecule has 1 aromatic heterocycles. The van der Waals surface area contributed by atoms with E-state index in [4.69, 9.17) is 0 Å². The SMILES string of the molecule is CCn1nccc1C(=O)N1CCCC[C@H]1C(=O)NCC(F)F. The lowest BCUT2D eigenvalue weighted by Gasteiger charge is -2.34. The Hall–Kier alpha value is -1.99. The normalized spacial score (nSPS) is 18.5. The van der Waals surface area contributed by atoms with Crippen LogP contribution < -0.4 is 5.32 Å². The highest BCUT2D eigenvalue weighted by molar-refractivity contribution is 5.96. The third-order valence-corrected chi connectivity index (χ3v) is 3.73. The topological polar surface area (TPSA) is 67.2 Å². The van der Waals surface area contributed by atoms with Crippen molar-refractivity contribution in [3.05, 3.63) is 18.0 Å². The van der Waals surface area contributed by atoms with Crippen LogP contribution in [0.4, 0.5) is 8.78 Å². The van der Waals surface area contributed by atoms with Crippen molar-refractivity contribution >= 4 is 11.8 Å². The van der Waals surface area contributed by atoms with Crippen molar-refractivity contribution in [3.63, 3.8) is 0 Å². The van der Waals surface area contributed by atoms with Crippen LogP contribution in [0.15, 0.2) is 12.3 Å². The number of halogens is 2. The molecule has 1 saturated heterocycles. The van der Waals surface area contributed by atoms with Crippen LogP contribution >= 0.6 is 0 Å². The van der Waals surface area contributed by atoms with Crippen LogP contribution in [0.5, 0.6) is 0 Å². The second-order valence-electron chi connectivity index (χ2n) is 5.18. The maximum atomic E-state index is 12.6. The van der Waals surface area contributed by atoms with Gasteiger partial charge in [0.15, 0.2) is 0 Å². The number of likely N-dealkylation sites (tertiary alicyclic amines) is 1. The standard InChI is InChI=1S/C14H20F2N4O2/c1-2-20-11(6-7-18-20)14(22)19-8-4-3-5-10(19)13(21)17-9-12(15)16/h6-7,10,12H,2-5,8-9H2,1H3,(H,17,21)/t10-/m0/s1. The van der Waals surface area contributed by atoms with E-state index < -0.39 is 24.9 Å². The highest BCUT2D eigenvalue weighted by Gasteiger charge is 2.33. The van der Waals surface area contributed by atoms with Gasteiger partial charge in [0.2, 0.25) is 5.91 Å². The van der Waals surface area contributed by atoms with E-state index in [9.17, 15) is 18.4 Å². The number of nitrogens with one attached hydrogen (secondary N) is 1. The summed E-state index contributed by atoms with van der Waals surface area (Å²) in [5, 5.41) is 6.25. The number of aryl methyl sites for hydroxylation is 1. The van der Waals surface area contributed by atoms with Gasteiger partial charge in [-0.25, -0.2) is 8.78 Å². The summed E-state index contributed by atoms with van der Waals surface area (Å²) in [7, 11) is 0. The summed E-state index contributed by atoms with van der Waals surface area (Å²) in [6, 6.07) is 0.911. The van der Waals surface area contributed by atoms with E-state index in [-0.39, 0.29) is 5.91 Å². The molecule has 6 nitrogen and oxygen atoms in total. The lowest BCUT2D eigenvalue weighted by Crippen LogP contribution is -2.52. The molecule has 1 fully saturated rings. The Bertz CT molecular complexity index is 533. The minimum atomic E-state index is -2.60. The predicted octanol–water partition coefficient (Wildman–Crippen LogP) is 1.28. The second-order valence-corrected chi connectivity index (χ2v) is 5.18. The zero-order chi connectivity index (χ0) is 16.1. The Morgan fingerprint density at radius 3 is 2.91 bits per heavy atom. The molecule has 0 bridgehead atoms. The van der Waals surface area contributed by atoms with Gasteiger partial charge in [0.05, 0.1) is 6.54 Å². The molecule has 1 aromatic rings. The summed E-state index contributed by atoms with van der Waals surface area (Å²) in [4.78, 5) is 26.2. The van der Waals surface area contributed by atoms with Crippen LogP contribution in [-0.4, -0.2) is 52.1 Å². The molecule has 122 valence electrons. The second kappa shape index (κ2) is 7.33. The van der Waals surface area contributed by atoms with Gasteiger partial charge in [-0.1, -0.05) is 0 Å². The molecule has 0 spiro atoms. The van der Waals surface area contributed by atoms with Crippen molar-refractivity contribution < 1.29 is 18.4 Å². The fourth-order valence-electron chi connectivity index (χ4n) is 2.66. The summed E-state index contributed by atoms with van der Waals surface area (Å²) in [6.07, 6.45) is 1.01. The number of hydrogen-bond donors (Lipinski definition) is 1. The molecule has 22 heavy (non-hydrogen) atoms. The van der Waals surface area contributed by atoms with Gasteiger partial charge in [0, 0.05) is 19.3 Å². The van der Waals surface area contributed by atoms with Gasteiger partial charge in [-0.2, -0.15) is 5.10 Å². The van der Waals surface area contributed by atoms with Crippen LogP contribution in [-0.2, 0) is 11.3 Å². The Balaban J connectivity index is 2.12. The molecule has 0 radical (unpaired) electrons. The molecule has 0 aromatic carbocycles. The Morgan fingerprint density at radius 2 is 2.23 bits per heavy atom. The fraction of sp³-hybridized carbons (Fsp3) is 0.643. The van der Waals surface area contributed by atoms with E-state index in [1.165, 1.54) is 11.1 Å². The van der Waals surface area contributed by atoms with E-state index >= 15 is 0 Å². The third kappa shape index (κ3) is 3.61. The maximum absolute atomic E-state index is 12.6. The number of nitrogens with zero attached hydrogens (tertiary/aromatic N) is 3. The van der Waals surface area contributed by atoms with Gasteiger partial charge in [0.25, 0.3) is 12.3 Å². The van der Waals surface area contributed by atoms with E-state index in [2.05, 4.69) is 10.4 Å². The minimum absolute atomic E-state index is 0.281. The summed E-state index contributed by atoms with van der Waals surface area (Å²) in [5.41, 5.74) is 0.413. The largest absolute Gasteiger partial charge is 0.349 e. The summed E-state index contributed by atoms with van der Waals surface area (Å²) in [5.74, 6) is -0.799. The smallest absolute Gasteiger partial charge is 0.272 e. The number of piperidine rings is 1. The predicted molar refractivity (Wildman–Crippen MR) is 75.6 cm³/mol. The van der Waals surface area contributed by atoms with Crippen molar-refractivity contribution in [2.75, 3.05) is 13.1 Å². The first kappa shape index (κ1) is 16.4. The quantitative estimate of drug-likeness (QED) is 0.890. The molecule has 1 aliphatic rings.